The number of benzene rings is 2. The quantitative estimate of drug-likeness (QED) is 0.688. The first-order chi connectivity index (χ1) is 14.4. The van der Waals surface area contributed by atoms with Crippen LogP contribution in [0, 0.1) is 6.92 Å². The molecule has 4 rings (SSSR count). The molecular weight excluding hydrogens is 394 g/mol. The Labute approximate surface area is 179 Å². The van der Waals surface area contributed by atoms with Gasteiger partial charge in [0.2, 0.25) is 0 Å². The van der Waals surface area contributed by atoms with Crippen LogP contribution in [0.25, 0.3) is 11.1 Å². The maximum absolute atomic E-state index is 13.2. The molecule has 0 spiro atoms. The van der Waals surface area contributed by atoms with Crippen molar-refractivity contribution in [1.82, 2.24) is 14.3 Å². The Bertz CT molecular complexity index is 1140. The molecule has 0 fully saturated rings. The van der Waals surface area contributed by atoms with Crippen LogP contribution in [0.5, 0.6) is 0 Å². The highest BCUT2D eigenvalue weighted by Gasteiger charge is 2.34. The molecule has 1 N–H and O–H groups in total. The second-order valence-corrected chi connectivity index (χ2v) is 9.12. The van der Waals surface area contributed by atoms with Crippen molar-refractivity contribution in [3.05, 3.63) is 87.6 Å². The zero-order valence-corrected chi connectivity index (χ0v) is 18.4. The Kier molecular flexibility index (Phi) is 5.97. The third-order valence-corrected chi connectivity index (χ3v) is 6.62. The van der Waals surface area contributed by atoms with Crippen LogP contribution in [0.1, 0.15) is 35.0 Å². The number of aromatic nitrogens is 2. The summed E-state index contributed by atoms with van der Waals surface area (Å²) in [6.45, 7) is 1.87. The first kappa shape index (κ1) is 20.7. The Balaban J connectivity index is 1.75. The fraction of sp³-hybridized carbons (Fsp3) is 0.333. The van der Waals surface area contributed by atoms with E-state index in [2.05, 4.69) is 41.1 Å². The molecule has 1 aromatic heterocycles. The van der Waals surface area contributed by atoms with E-state index in [-0.39, 0.29) is 17.5 Å². The van der Waals surface area contributed by atoms with Crippen molar-refractivity contribution >= 4 is 11.0 Å². The highest BCUT2D eigenvalue weighted by Crippen LogP contribution is 2.33. The van der Waals surface area contributed by atoms with Crippen LogP contribution in [0.2, 0.25) is 0 Å². The monoisotopic (exact) mass is 421 g/mol. The average molecular weight is 422 g/mol. The third kappa shape index (κ3) is 4.16. The van der Waals surface area contributed by atoms with Gasteiger partial charge in [0.25, 0.3) is 5.56 Å². The summed E-state index contributed by atoms with van der Waals surface area (Å²) in [7, 11) is 0.623. The summed E-state index contributed by atoms with van der Waals surface area (Å²) < 4.78 is 16.8. The van der Waals surface area contributed by atoms with Gasteiger partial charge in [0.1, 0.15) is 5.82 Å². The van der Waals surface area contributed by atoms with Crippen molar-refractivity contribution in [3.63, 3.8) is 0 Å². The van der Waals surface area contributed by atoms with Crippen LogP contribution in [0.3, 0.4) is 0 Å². The van der Waals surface area contributed by atoms with E-state index in [1.807, 2.05) is 25.1 Å². The van der Waals surface area contributed by atoms with Gasteiger partial charge in [-0.1, -0.05) is 54.6 Å². The minimum atomic E-state index is -1.15. The van der Waals surface area contributed by atoms with Crippen LogP contribution in [0.15, 0.2) is 59.4 Å². The first-order valence-electron chi connectivity index (χ1n) is 10.2. The minimum Gasteiger partial charge on any atom is -0.300 e. The molecule has 1 aliphatic carbocycles. The van der Waals surface area contributed by atoms with Gasteiger partial charge in [0.05, 0.1) is 16.7 Å². The van der Waals surface area contributed by atoms with E-state index in [1.54, 1.807) is 17.9 Å². The van der Waals surface area contributed by atoms with Crippen LogP contribution >= 0.6 is 0 Å². The lowest BCUT2D eigenvalue weighted by molar-refractivity contribution is 0.425. The number of hydrogen-bond acceptors (Lipinski definition) is 3. The molecule has 0 amide bonds. The third-order valence-electron chi connectivity index (χ3n) is 5.98. The molecule has 0 radical (unpaired) electrons. The van der Waals surface area contributed by atoms with Gasteiger partial charge in [0, 0.05) is 30.8 Å². The van der Waals surface area contributed by atoms with Crippen molar-refractivity contribution in [1.29, 1.82) is 0 Å². The molecule has 1 heterocycles. The molecule has 5 nitrogen and oxygen atoms in total. The average Bonchev–Trinajstić information content (AvgIpc) is 2.74. The second-order valence-electron chi connectivity index (χ2n) is 7.98. The molecule has 6 heteroatoms. The van der Waals surface area contributed by atoms with E-state index in [0.29, 0.717) is 6.42 Å². The number of rotatable bonds is 5. The van der Waals surface area contributed by atoms with E-state index >= 15 is 0 Å². The number of hydrogen-bond donors (Lipinski definition) is 1. The zero-order valence-electron chi connectivity index (χ0n) is 17.6. The summed E-state index contributed by atoms with van der Waals surface area (Å²) >= 11 is 0. The van der Waals surface area contributed by atoms with Crippen molar-refractivity contribution in [3.8, 4) is 11.1 Å². The number of nitrogens with one attached hydrogen (secondary N) is 1. The van der Waals surface area contributed by atoms with Crippen molar-refractivity contribution in [2.45, 2.75) is 38.1 Å². The van der Waals surface area contributed by atoms with Crippen LogP contribution < -0.4 is 10.3 Å². The SMILES string of the molecule is Cc1nc2c(c(=O)n1C)C(Cc1cccc(-c3ccccc3)c1)C(NS(C)=O)CC2. The van der Waals surface area contributed by atoms with Gasteiger partial charge in [-0.2, -0.15) is 0 Å². The largest absolute Gasteiger partial charge is 0.300 e. The lowest BCUT2D eigenvalue weighted by atomic mass is 9.78. The highest BCUT2D eigenvalue weighted by atomic mass is 32.2. The molecule has 0 saturated heterocycles. The molecule has 30 heavy (non-hydrogen) atoms. The highest BCUT2D eigenvalue weighted by molar-refractivity contribution is 7.82. The van der Waals surface area contributed by atoms with Crippen LogP contribution in [0.4, 0.5) is 0 Å². The van der Waals surface area contributed by atoms with Crippen LogP contribution in [-0.2, 0) is 30.9 Å². The van der Waals surface area contributed by atoms with Gasteiger partial charge in [-0.05, 0) is 42.9 Å². The number of nitrogens with zero attached hydrogens (tertiary/aromatic N) is 2. The Morgan fingerprint density at radius 2 is 1.87 bits per heavy atom. The topological polar surface area (TPSA) is 64.0 Å². The van der Waals surface area contributed by atoms with Gasteiger partial charge in [-0.15, -0.1) is 0 Å². The van der Waals surface area contributed by atoms with Gasteiger partial charge >= 0.3 is 0 Å². The van der Waals surface area contributed by atoms with Gasteiger partial charge in [-0.25, -0.2) is 13.9 Å². The molecule has 3 atom stereocenters. The fourth-order valence-corrected chi connectivity index (χ4v) is 5.11. The van der Waals surface area contributed by atoms with Gasteiger partial charge < -0.3 is 0 Å². The predicted octanol–water partition coefficient (Wildman–Crippen LogP) is 3.28. The molecule has 1 aliphatic rings. The minimum absolute atomic E-state index is 0.00935. The Morgan fingerprint density at radius 1 is 1.13 bits per heavy atom. The first-order valence-corrected chi connectivity index (χ1v) is 11.8. The van der Waals surface area contributed by atoms with E-state index in [0.717, 1.165) is 41.1 Å². The van der Waals surface area contributed by atoms with E-state index in [4.69, 9.17) is 4.98 Å². The number of aryl methyl sites for hydroxylation is 2. The van der Waals surface area contributed by atoms with Crippen LogP contribution in [-0.4, -0.2) is 26.1 Å². The zero-order chi connectivity index (χ0) is 21.3. The van der Waals surface area contributed by atoms with E-state index in [1.165, 1.54) is 5.56 Å². The molecule has 0 saturated carbocycles. The van der Waals surface area contributed by atoms with Crippen molar-refractivity contribution in [2.24, 2.45) is 7.05 Å². The Morgan fingerprint density at radius 3 is 2.60 bits per heavy atom. The normalized spacial score (nSPS) is 19.3. The number of fused-ring (bicyclic) bond motifs is 1. The summed E-state index contributed by atoms with van der Waals surface area (Å²) in [6, 6.07) is 18.7. The standard InChI is InChI=1S/C24H27N3O2S/c1-16-25-22-13-12-21(26-30(3)29)20(23(22)24(28)27(16)2)15-17-8-7-11-19(14-17)18-9-5-4-6-10-18/h4-11,14,20-21,26H,12-13,15H2,1-3H3. The van der Waals surface area contributed by atoms with Gasteiger partial charge in [-0.3, -0.25) is 9.36 Å². The summed E-state index contributed by atoms with van der Waals surface area (Å²) in [5.41, 5.74) is 5.14. The molecule has 3 unspecified atom stereocenters. The molecule has 0 bridgehead atoms. The summed E-state index contributed by atoms with van der Waals surface area (Å²) in [6.07, 6.45) is 3.88. The summed E-state index contributed by atoms with van der Waals surface area (Å²) in [4.78, 5) is 17.9. The fourth-order valence-electron chi connectivity index (χ4n) is 4.40. The lowest BCUT2D eigenvalue weighted by Crippen LogP contribution is -2.44. The summed E-state index contributed by atoms with van der Waals surface area (Å²) in [5, 5.41) is 0. The maximum atomic E-state index is 13.2. The smallest absolute Gasteiger partial charge is 0.257 e. The second kappa shape index (κ2) is 8.66. The molecule has 3 aromatic rings. The van der Waals surface area contributed by atoms with Gasteiger partial charge in [0.15, 0.2) is 0 Å². The van der Waals surface area contributed by atoms with Crippen molar-refractivity contribution < 1.29 is 4.21 Å². The van der Waals surface area contributed by atoms with E-state index in [9.17, 15) is 9.00 Å². The molecule has 2 aromatic carbocycles. The maximum Gasteiger partial charge on any atom is 0.257 e. The van der Waals surface area contributed by atoms with E-state index < -0.39 is 11.0 Å². The summed E-state index contributed by atoms with van der Waals surface area (Å²) in [5.74, 6) is 0.657. The predicted molar refractivity (Wildman–Crippen MR) is 122 cm³/mol. The molecule has 156 valence electrons. The molecule has 0 aliphatic heterocycles. The van der Waals surface area contributed by atoms with Crippen molar-refractivity contribution in [2.75, 3.05) is 6.26 Å². The Hall–Kier alpha value is -2.57. The lowest BCUT2D eigenvalue weighted by Gasteiger charge is -2.33. The molecular formula is C24H27N3O2S.